The molecule has 0 rings (SSSR count). The summed E-state index contributed by atoms with van der Waals surface area (Å²) < 4.78 is 39.5. The fourth-order valence-electron chi connectivity index (χ4n) is 1.99. The molecule has 0 aliphatic heterocycles. The van der Waals surface area contributed by atoms with E-state index in [0.29, 0.717) is 6.61 Å². The number of unbranched alkanes of at least 4 members (excludes halogenated alkanes) is 9. The molecule has 0 atom stereocenters. The zero-order chi connectivity index (χ0) is 15.1. The Hall–Kier alpha value is 0.790. The molecule has 128 valence electrons. The average molecular weight is 347 g/mol. The van der Waals surface area contributed by atoms with Crippen molar-refractivity contribution in [2.45, 2.75) is 71.1 Å². The monoisotopic (exact) mass is 347 g/mol. The van der Waals surface area contributed by atoms with Crippen LogP contribution in [0.4, 0.5) is 0 Å². The van der Waals surface area contributed by atoms with Crippen molar-refractivity contribution < 1.29 is 51.4 Å². The summed E-state index contributed by atoms with van der Waals surface area (Å²) in [6.45, 7) is 2.79. The Morgan fingerprint density at radius 3 is 1.68 bits per heavy atom. The second-order valence-corrected chi connectivity index (χ2v) is 6.08. The Balaban J connectivity index is -0.00000180. The van der Waals surface area contributed by atoms with Crippen LogP contribution >= 0.6 is 0 Å². The Bertz CT molecular complexity index is 302. The van der Waals surface area contributed by atoms with Gasteiger partial charge >= 0.3 is 29.6 Å². The molecule has 2 radical (unpaired) electrons. The molecule has 1 N–H and O–H groups in total. The van der Waals surface area contributed by atoms with Crippen molar-refractivity contribution in [3.05, 3.63) is 0 Å². The molecule has 0 fully saturated rings. The SMILES string of the molecule is CCCCCCCCCCCCOCCOS(=O)(=O)[O-].[NH].[Na+]. The molecule has 0 unspecified atom stereocenters. The van der Waals surface area contributed by atoms with Crippen LogP contribution in [0, 0.1) is 0 Å². The summed E-state index contributed by atoms with van der Waals surface area (Å²) in [5, 5.41) is 0. The molecule has 0 spiro atoms. The molecule has 22 heavy (non-hydrogen) atoms. The van der Waals surface area contributed by atoms with Crippen LogP contribution in [-0.2, 0) is 19.3 Å². The topological polar surface area (TPSA) is 108 Å². The van der Waals surface area contributed by atoms with E-state index in [1.54, 1.807) is 0 Å². The largest absolute Gasteiger partial charge is 1.00 e. The zero-order valence-electron chi connectivity index (χ0n) is 14.1. The summed E-state index contributed by atoms with van der Waals surface area (Å²) in [4.78, 5) is 0. The minimum atomic E-state index is -4.57. The third-order valence-electron chi connectivity index (χ3n) is 3.10. The van der Waals surface area contributed by atoms with Gasteiger partial charge in [0.05, 0.1) is 13.2 Å². The van der Waals surface area contributed by atoms with E-state index in [9.17, 15) is 13.0 Å². The molecular weight excluding hydrogens is 317 g/mol. The van der Waals surface area contributed by atoms with Gasteiger partial charge in [-0.25, -0.2) is 8.42 Å². The number of hydrogen-bond acceptors (Lipinski definition) is 5. The minimum absolute atomic E-state index is 0. The van der Waals surface area contributed by atoms with Gasteiger partial charge in [-0.15, -0.1) is 0 Å². The maximum Gasteiger partial charge on any atom is 1.00 e. The van der Waals surface area contributed by atoms with Gasteiger partial charge in [-0.2, -0.15) is 6.15 Å². The molecule has 0 saturated carbocycles. The Kier molecular flexibility index (Phi) is 24.9. The predicted molar refractivity (Wildman–Crippen MR) is 81.4 cm³/mol. The second-order valence-electron chi connectivity index (χ2n) is 5.02. The predicted octanol–water partition coefficient (Wildman–Crippen LogP) is 0.138. The Labute approximate surface area is 158 Å². The molecule has 0 bridgehead atoms. The van der Waals surface area contributed by atoms with Gasteiger partial charge in [0.1, 0.15) is 0 Å². The van der Waals surface area contributed by atoms with Crippen LogP contribution in [0.3, 0.4) is 0 Å². The third-order valence-corrected chi connectivity index (χ3v) is 3.55. The van der Waals surface area contributed by atoms with Crippen LogP contribution in [0.5, 0.6) is 0 Å². The second kappa shape index (κ2) is 19.8. The molecule has 0 saturated heterocycles. The summed E-state index contributed by atoms with van der Waals surface area (Å²) >= 11 is 0. The van der Waals surface area contributed by atoms with Gasteiger partial charge in [0.25, 0.3) is 0 Å². The molecule has 0 aromatic heterocycles. The van der Waals surface area contributed by atoms with Crippen molar-refractivity contribution in [3.8, 4) is 0 Å². The number of hydrogen-bond donors (Lipinski definition) is 0. The van der Waals surface area contributed by atoms with E-state index in [-0.39, 0.29) is 48.9 Å². The van der Waals surface area contributed by atoms with Crippen molar-refractivity contribution in [1.82, 2.24) is 6.15 Å². The summed E-state index contributed by atoms with van der Waals surface area (Å²) in [5.41, 5.74) is 0. The van der Waals surface area contributed by atoms with Crippen molar-refractivity contribution in [1.29, 1.82) is 0 Å². The van der Waals surface area contributed by atoms with Gasteiger partial charge in [-0.05, 0) is 6.42 Å². The minimum Gasteiger partial charge on any atom is -0.726 e. The molecule has 6 nitrogen and oxygen atoms in total. The van der Waals surface area contributed by atoms with Crippen molar-refractivity contribution >= 4 is 10.4 Å². The summed E-state index contributed by atoms with van der Waals surface area (Å²) in [6, 6.07) is 0. The van der Waals surface area contributed by atoms with Crippen molar-refractivity contribution in [2.24, 2.45) is 0 Å². The molecular formula is C14H30NNaO5S. The van der Waals surface area contributed by atoms with Crippen molar-refractivity contribution in [2.75, 3.05) is 19.8 Å². The zero-order valence-corrected chi connectivity index (χ0v) is 17.0. The molecule has 0 aromatic rings. The average Bonchev–Trinajstić information content (AvgIpc) is 2.38. The summed E-state index contributed by atoms with van der Waals surface area (Å²) in [7, 11) is -4.57. The number of ether oxygens (including phenoxy) is 1. The summed E-state index contributed by atoms with van der Waals surface area (Å²) in [5.74, 6) is 0. The van der Waals surface area contributed by atoms with Gasteiger partial charge in [0.2, 0.25) is 10.4 Å². The number of nitrogens with one attached hydrogen (secondary N) is 1. The first-order valence-corrected chi connectivity index (χ1v) is 9.07. The van der Waals surface area contributed by atoms with E-state index in [0.717, 1.165) is 12.8 Å². The standard InChI is InChI=1S/C14H30O5S.HN.Na/c1-2-3-4-5-6-7-8-9-10-11-12-18-13-14-19-20(15,16)17;;/h2-14H2,1H3,(H,15,16,17);1H;/q;;+1/p-1. The van der Waals surface area contributed by atoms with Gasteiger partial charge in [-0.3, -0.25) is 4.18 Å². The fraction of sp³-hybridized carbons (Fsp3) is 1.00. The smallest absolute Gasteiger partial charge is 0.726 e. The van der Waals surface area contributed by atoms with Crippen LogP contribution in [-0.4, -0.2) is 32.8 Å². The Morgan fingerprint density at radius 1 is 0.773 bits per heavy atom. The van der Waals surface area contributed by atoms with Gasteiger partial charge < -0.3 is 9.29 Å². The first kappa shape index (κ1) is 27.6. The van der Waals surface area contributed by atoms with Gasteiger partial charge in [-0.1, -0.05) is 64.7 Å². The van der Waals surface area contributed by atoms with Crippen LogP contribution in [0.1, 0.15) is 71.1 Å². The van der Waals surface area contributed by atoms with E-state index >= 15 is 0 Å². The van der Waals surface area contributed by atoms with Gasteiger partial charge in [0.15, 0.2) is 0 Å². The Morgan fingerprint density at radius 2 is 1.23 bits per heavy atom. The first-order chi connectivity index (χ1) is 9.56. The van der Waals surface area contributed by atoms with Gasteiger partial charge in [0, 0.05) is 6.61 Å². The van der Waals surface area contributed by atoms with Crippen LogP contribution < -0.4 is 35.7 Å². The molecule has 8 heteroatoms. The molecule has 0 amide bonds. The molecule has 0 aliphatic rings. The van der Waals surface area contributed by atoms with E-state index in [1.165, 1.54) is 51.4 Å². The van der Waals surface area contributed by atoms with E-state index in [1.807, 2.05) is 0 Å². The van der Waals surface area contributed by atoms with Crippen LogP contribution in [0.2, 0.25) is 0 Å². The van der Waals surface area contributed by atoms with E-state index in [2.05, 4.69) is 11.1 Å². The quantitative estimate of drug-likeness (QED) is 0.181. The first-order valence-electron chi connectivity index (χ1n) is 7.74. The molecule has 0 aromatic carbocycles. The van der Waals surface area contributed by atoms with Crippen LogP contribution in [0.25, 0.3) is 0 Å². The fourth-order valence-corrected chi connectivity index (χ4v) is 2.26. The maximum atomic E-state index is 10.1. The maximum absolute atomic E-state index is 10.1. The van der Waals surface area contributed by atoms with E-state index < -0.39 is 10.4 Å². The summed E-state index contributed by atoms with van der Waals surface area (Å²) in [6.07, 6.45) is 12.7. The normalized spacial score (nSPS) is 10.8. The molecule has 0 heterocycles. The molecule has 0 aliphatic carbocycles. The van der Waals surface area contributed by atoms with Crippen LogP contribution in [0.15, 0.2) is 0 Å². The number of rotatable bonds is 15. The third kappa shape index (κ3) is 25.7. The van der Waals surface area contributed by atoms with E-state index in [4.69, 9.17) is 4.74 Å². The van der Waals surface area contributed by atoms with Crippen molar-refractivity contribution in [3.63, 3.8) is 0 Å².